The summed E-state index contributed by atoms with van der Waals surface area (Å²) in [4.78, 5) is 8.72. The van der Waals surface area contributed by atoms with Crippen LogP contribution in [-0.2, 0) is 12.3 Å². The highest BCUT2D eigenvalue weighted by Crippen LogP contribution is 2.45. The predicted octanol–water partition coefficient (Wildman–Crippen LogP) is 3.52. The number of nitrogens with two attached hydrogens (primary N) is 2. The Balaban J connectivity index is 1.69. The molecule has 3 aromatic rings. The summed E-state index contributed by atoms with van der Waals surface area (Å²) < 4.78 is 11.3. The van der Waals surface area contributed by atoms with E-state index in [0.29, 0.717) is 39.9 Å². The molecule has 0 saturated carbocycles. The van der Waals surface area contributed by atoms with Crippen molar-refractivity contribution in [2.24, 2.45) is 10.7 Å². The summed E-state index contributed by atoms with van der Waals surface area (Å²) in [6, 6.07) is 14.6. The van der Waals surface area contributed by atoms with Gasteiger partial charge in [-0.25, -0.2) is 4.99 Å². The van der Waals surface area contributed by atoms with Crippen molar-refractivity contribution in [2.75, 3.05) is 18.2 Å². The zero-order chi connectivity index (χ0) is 20.4. The summed E-state index contributed by atoms with van der Waals surface area (Å²) >= 11 is 6.48. The van der Waals surface area contributed by atoms with Gasteiger partial charge in [-0.3, -0.25) is 10.7 Å². The number of anilines is 2. The highest BCUT2D eigenvalue weighted by molar-refractivity contribution is 6.32. The Morgan fingerprint density at radius 2 is 2.03 bits per heavy atom. The summed E-state index contributed by atoms with van der Waals surface area (Å²) in [6.45, 7) is 0.308. The van der Waals surface area contributed by atoms with Gasteiger partial charge in [-0.1, -0.05) is 23.7 Å². The largest absolute Gasteiger partial charge is 0.494 e. The summed E-state index contributed by atoms with van der Waals surface area (Å²) in [6.07, 6.45) is 3.27. The lowest BCUT2D eigenvalue weighted by Crippen LogP contribution is -2.40. The first-order valence-electron chi connectivity index (χ1n) is 8.91. The molecule has 1 aromatic heterocycles. The van der Waals surface area contributed by atoms with E-state index in [1.54, 1.807) is 37.8 Å². The molecule has 0 spiro atoms. The molecule has 1 unspecified atom stereocenters. The van der Waals surface area contributed by atoms with Gasteiger partial charge >= 0.3 is 0 Å². The van der Waals surface area contributed by atoms with Gasteiger partial charge in [0, 0.05) is 11.8 Å². The maximum Gasteiger partial charge on any atom is 0.167 e. The van der Waals surface area contributed by atoms with Crippen molar-refractivity contribution in [3.8, 4) is 11.5 Å². The Morgan fingerprint density at radius 3 is 2.76 bits per heavy atom. The first kappa shape index (κ1) is 19.0. The van der Waals surface area contributed by atoms with E-state index in [2.05, 4.69) is 15.3 Å². The van der Waals surface area contributed by atoms with Crippen LogP contribution < -0.4 is 26.3 Å². The molecule has 2 aromatic carbocycles. The van der Waals surface area contributed by atoms with Gasteiger partial charge < -0.3 is 20.5 Å². The van der Waals surface area contributed by atoms with Crippen LogP contribution in [0.1, 0.15) is 16.8 Å². The third kappa shape index (κ3) is 3.46. The zero-order valence-corrected chi connectivity index (χ0v) is 16.5. The molecule has 0 bridgehead atoms. The lowest BCUT2D eigenvalue weighted by Gasteiger charge is -2.33. The van der Waals surface area contributed by atoms with Crippen LogP contribution in [0.15, 0.2) is 59.7 Å². The molecule has 148 valence electrons. The Hall–Kier alpha value is -3.29. The first-order valence-corrected chi connectivity index (χ1v) is 9.29. The normalized spacial score (nSPS) is 17.3. The highest BCUT2D eigenvalue weighted by atomic mass is 35.5. The van der Waals surface area contributed by atoms with Gasteiger partial charge in [0.1, 0.15) is 12.4 Å². The van der Waals surface area contributed by atoms with Crippen LogP contribution in [0.4, 0.5) is 11.4 Å². The molecule has 2 heterocycles. The van der Waals surface area contributed by atoms with Crippen molar-refractivity contribution < 1.29 is 9.47 Å². The van der Waals surface area contributed by atoms with E-state index < -0.39 is 5.66 Å². The van der Waals surface area contributed by atoms with Crippen LogP contribution >= 0.6 is 11.6 Å². The molecule has 0 radical (unpaired) electrons. The highest BCUT2D eigenvalue weighted by Gasteiger charge is 2.37. The summed E-state index contributed by atoms with van der Waals surface area (Å²) in [5.41, 5.74) is 15.0. The fourth-order valence-corrected chi connectivity index (χ4v) is 3.53. The third-order valence-corrected chi connectivity index (χ3v) is 5.03. The quantitative estimate of drug-likeness (QED) is 0.556. The molecule has 1 atom stereocenters. The Labute approximate surface area is 173 Å². The predicted molar refractivity (Wildman–Crippen MR) is 115 cm³/mol. The molecule has 0 fully saturated rings. The number of fused-ring (bicyclic) bond motifs is 1. The van der Waals surface area contributed by atoms with Crippen molar-refractivity contribution in [3.05, 3.63) is 76.6 Å². The van der Waals surface area contributed by atoms with E-state index in [1.807, 2.05) is 30.3 Å². The van der Waals surface area contributed by atoms with Gasteiger partial charge in [-0.2, -0.15) is 0 Å². The maximum atomic E-state index is 6.74. The number of hydrogen-bond donors (Lipinski definition) is 3. The van der Waals surface area contributed by atoms with E-state index in [-0.39, 0.29) is 0 Å². The molecule has 7 nitrogen and oxygen atoms in total. The van der Waals surface area contributed by atoms with E-state index >= 15 is 0 Å². The van der Waals surface area contributed by atoms with Gasteiger partial charge in [0.25, 0.3) is 0 Å². The molecular weight excluding hydrogens is 390 g/mol. The first-order chi connectivity index (χ1) is 14.0. The van der Waals surface area contributed by atoms with Crippen LogP contribution in [0.2, 0.25) is 5.02 Å². The van der Waals surface area contributed by atoms with Gasteiger partial charge in [0.05, 0.1) is 41.1 Å². The monoisotopic (exact) mass is 409 g/mol. The number of pyridine rings is 1. The fraction of sp³-hybridized carbons (Fsp3) is 0.143. The average Bonchev–Trinajstić information content (AvgIpc) is 2.74. The van der Waals surface area contributed by atoms with E-state index in [1.165, 1.54) is 0 Å². The van der Waals surface area contributed by atoms with Gasteiger partial charge in [0.2, 0.25) is 0 Å². The van der Waals surface area contributed by atoms with Crippen molar-refractivity contribution >= 4 is 29.3 Å². The molecule has 0 saturated heterocycles. The molecule has 8 heteroatoms. The van der Waals surface area contributed by atoms with Crippen LogP contribution in [-0.4, -0.2) is 18.4 Å². The number of halogens is 1. The van der Waals surface area contributed by atoms with Crippen LogP contribution in [0.3, 0.4) is 0 Å². The van der Waals surface area contributed by atoms with Gasteiger partial charge in [0.15, 0.2) is 11.4 Å². The maximum absolute atomic E-state index is 6.74. The van der Waals surface area contributed by atoms with E-state index in [0.717, 1.165) is 11.4 Å². The second-order valence-corrected chi connectivity index (χ2v) is 6.94. The number of methoxy groups -OCH3 is 1. The topological polar surface area (TPSA) is 108 Å². The minimum atomic E-state index is -1.22. The molecule has 0 aliphatic carbocycles. The molecule has 29 heavy (non-hydrogen) atoms. The zero-order valence-electron chi connectivity index (χ0n) is 15.7. The Kier molecular flexibility index (Phi) is 5.00. The summed E-state index contributed by atoms with van der Waals surface area (Å²) in [5, 5.41) is 3.50. The third-order valence-electron chi connectivity index (χ3n) is 4.74. The smallest absolute Gasteiger partial charge is 0.167 e. The standard InChI is InChI=1S/C21H20ClN5O2/c1-28-20-16(23)6-7-17-19(20)21(24,27-12-26-17)13-5-8-18(15(22)10-13)29-11-14-4-2-3-9-25-14/h2-10,12H,11,23-24H2,1H3,(H,26,27). The number of ether oxygens (including phenoxy) is 2. The van der Waals surface area contributed by atoms with Gasteiger partial charge in [-0.15, -0.1) is 0 Å². The van der Waals surface area contributed by atoms with E-state index in [4.69, 9.17) is 32.5 Å². The summed E-state index contributed by atoms with van der Waals surface area (Å²) in [5.74, 6) is 1.00. The SMILES string of the molecule is COc1c(N)ccc2c1C(N)(c1ccc(OCc3ccccn3)c(Cl)c1)N=CN2. The van der Waals surface area contributed by atoms with E-state index in [9.17, 15) is 0 Å². The number of benzene rings is 2. The lowest BCUT2D eigenvalue weighted by molar-refractivity contribution is 0.301. The second kappa shape index (κ2) is 7.62. The van der Waals surface area contributed by atoms with Crippen LogP contribution in [0, 0.1) is 0 Å². The second-order valence-electron chi connectivity index (χ2n) is 6.53. The lowest BCUT2D eigenvalue weighted by atomic mass is 9.89. The Morgan fingerprint density at radius 1 is 1.17 bits per heavy atom. The minimum Gasteiger partial charge on any atom is -0.494 e. The molecule has 0 amide bonds. The Bertz CT molecular complexity index is 1070. The number of aromatic nitrogens is 1. The molecule has 5 N–H and O–H groups in total. The van der Waals surface area contributed by atoms with Crippen molar-refractivity contribution in [3.63, 3.8) is 0 Å². The summed E-state index contributed by atoms with van der Waals surface area (Å²) in [7, 11) is 1.55. The number of rotatable bonds is 5. The van der Waals surface area contributed by atoms with Crippen molar-refractivity contribution in [1.82, 2.24) is 4.98 Å². The fourth-order valence-electron chi connectivity index (χ4n) is 3.29. The number of nitrogen functional groups attached to an aromatic ring is 1. The molecule has 1 aliphatic rings. The molecule has 1 aliphatic heterocycles. The molecule has 4 rings (SSSR count). The number of nitrogens with one attached hydrogen (secondary N) is 1. The van der Waals surface area contributed by atoms with Crippen LogP contribution in [0.25, 0.3) is 0 Å². The average molecular weight is 410 g/mol. The number of hydrogen-bond acceptors (Lipinski definition) is 7. The van der Waals surface area contributed by atoms with Crippen molar-refractivity contribution in [1.29, 1.82) is 0 Å². The number of nitrogens with zero attached hydrogens (tertiary/aromatic N) is 2. The van der Waals surface area contributed by atoms with Crippen LogP contribution in [0.5, 0.6) is 11.5 Å². The number of aliphatic imine (C=N–C) groups is 1. The molecular formula is C21H20ClN5O2. The van der Waals surface area contributed by atoms with Crippen molar-refractivity contribution in [2.45, 2.75) is 12.3 Å². The minimum absolute atomic E-state index is 0.308. The van der Waals surface area contributed by atoms with Gasteiger partial charge in [-0.05, 0) is 36.4 Å².